The van der Waals surface area contributed by atoms with Crippen LogP contribution in [0.1, 0.15) is 36.1 Å². The summed E-state index contributed by atoms with van der Waals surface area (Å²) in [6.07, 6.45) is -7.73. The van der Waals surface area contributed by atoms with Crippen LogP contribution in [-0.2, 0) is 32.4 Å². The third kappa shape index (κ3) is 7.57. The van der Waals surface area contributed by atoms with Crippen LogP contribution in [0, 0.1) is 12.7 Å². The molecule has 0 spiro atoms. The fourth-order valence-electron chi connectivity index (χ4n) is 5.26. The van der Waals surface area contributed by atoms with Gasteiger partial charge in [-0.3, -0.25) is 9.69 Å². The van der Waals surface area contributed by atoms with Gasteiger partial charge < -0.3 is 9.80 Å². The minimum Gasteiger partial charge on any atom is -0.342 e. The van der Waals surface area contributed by atoms with E-state index in [9.17, 15) is 43.9 Å². The number of carbonyl (C=O) groups is 1. The first-order valence-electron chi connectivity index (χ1n) is 13.6. The smallest absolute Gasteiger partial charge is 0.342 e. The van der Waals surface area contributed by atoms with E-state index in [2.05, 4.69) is 4.98 Å². The highest BCUT2D eigenvalue weighted by Gasteiger charge is 2.41. The molecule has 4 rings (SSSR count). The number of carbonyl (C=O) groups excluding carboxylic acids is 1. The van der Waals surface area contributed by atoms with Crippen LogP contribution in [0.2, 0.25) is 0 Å². The van der Waals surface area contributed by atoms with Crippen molar-refractivity contribution in [2.75, 3.05) is 48.7 Å². The highest BCUT2D eigenvalue weighted by molar-refractivity contribution is 7.90. The molecule has 15 heteroatoms. The molecule has 0 atom stereocenters. The van der Waals surface area contributed by atoms with Gasteiger partial charge in [0.05, 0.1) is 35.1 Å². The lowest BCUT2D eigenvalue weighted by molar-refractivity contribution is -0.143. The third-order valence-corrected chi connectivity index (χ3v) is 8.49. The number of rotatable bonds is 7. The van der Waals surface area contributed by atoms with Crippen molar-refractivity contribution >= 4 is 27.2 Å². The molecule has 1 aliphatic rings. The Labute approximate surface area is 256 Å². The summed E-state index contributed by atoms with van der Waals surface area (Å²) in [7, 11) is -1.96. The summed E-state index contributed by atoms with van der Waals surface area (Å²) >= 11 is 0. The van der Waals surface area contributed by atoms with Crippen LogP contribution in [0.25, 0.3) is 11.1 Å². The third-order valence-electron chi connectivity index (χ3n) is 7.66. The van der Waals surface area contributed by atoms with Crippen LogP contribution in [0.3, 0.4) is 0 Å². The van der Waals surface area contributed by atoms with E-state index < -0.39 is 56.0 Å². The van der Waals surface area contributed by atoms with Crippen LogP contribution >= 0.6 is 0 Å². The van der Waals surface area contributed by atoms with Gasteiger partial charge in [-0.15, -0.1) is 0 Å². The molecular formula is C30H31F7N4O3S. The van der Waals surface area contributed by atoms with Gasteiger partial charge in [0, 0.05) is 32.0 Å². The fraction of sp³-hybridized carbons (Fsp3) is 0.400. The fourth-order valence-corrected chi connectivity index (χ4v) is 6.13. The number of hydrogen-bond donors (Lipinski definition) is 0. The van der Waals surface area contributed by atoms with Crippen molar-refractivity contribution in [2.24, 2.45) is 0 Å². The van der Waals surface area contributed by atoms with Crippen molar-refractivity contribution in [1.82, 2.24) is 9.88 Å². The Bertz CT molecular complexity index is 1690. The summed E-state index contributed by atoms with van der Waals surface area (Å²) in [4.78, 5) is 23.0. The Morgan fingerprint density at radius 2 is 1.49 bits per heavy atom. The largest absolute Gasteiger partial charge is 0.416 e. The molecule has 1 amide bonds. The van der Waals surface area contributed by atoms with Gasteiger partial charge in [0.1, 0.15) is 17.5 Å². The van der Waals surface area contributed by atoms with Crippen molar-refractivity contribution in [3.05, 3.63) is 76.7 Å². The second kappa shape index (κ2) is 11.9. The Morgan fingerprint density at radius 1 is 0.911 bits per heavy atom. The molecule has 0 bridgehead atoms. The maximum absolute atomic E-state index is 14.0. The summed E-state index contributed by atoms with van der Waals surface area (Å²) < 4.78 is 119. The molecule has 0 aliphatic carbocycles. The molecule has 45 heavy (non-hydrogen) atoms. The molecule has 0 unspecified atom stereocenters. The number of halogens is 7. The zero-order valence-corrected chi connectivity index (χ0v) is 25.8. The molecule has 1 aliphatic heterocycles. The number of aryl methyl sites for hydroxylation is 1. The van der Waals surface area contributed by atoms with Gasteiger partial charge in [-0.2, -0.15) is 26.3 Å². The molecular weight excluding hydrogens is 629 g/mol. The lowest BCUT2D eigenvalue weighted by atomic mass is 9.81. The standard InChI is InChI=1S/C30H31F7N4O3S/c1-18-10-22(31)6-7-23(18)24-14-26(41-9-8-40(16-41)17-45(5,43)44)38-15-25(24)39(4)27(42)28(2,3)19-11-20(29(32,33)34)13-21(12-19)30(35,36)37/h6-7,10-15H,8-9,16-17H2,1-5H3. The van der Waals surface area contributed by atoms with Gasteiger partial charge in [-0.05, 0) is 73.9 Å². The minimum absolute atomic E-state index is 0.00123. The number of anilines is 2. The molecule has 0 saturated carbocycles. The van der Waals surface area contributed by atoms with Crippen LogP contribution in [0.15, 0.2) is 48.7 Å². The van der Waals surface area contributed by atoms with E-state index in [0.29, 0.717) is 47.7 Å². The predicted octanol–water partition coefficient (Wildman–Crippen LogP) is 6.26. The molecule has 1 saturated heterocycles. The number of alkyl halides is 6. The summed E-state index contributed by atoms with van der Waals surface area (Å²) in [5, 5.41) is 0. The molecule has 1 fully saturated rings. The summed E-state index contributed by atoms with van der Waals surface area (Å²) in [5.74, 6) is -1.09. The van der Waals surface area contributed by atoms with Crippen molar-refractivity contribution in [3.8, 4) is 11.1 Å². The minimum atomic E-state index is -5.10. The molecule has 0 radical (unpaired) electrons. The highest BCUT2D eigenvalue weighted by Crippen LogP contribution is 2.41. The van der Waals surface area contributed by atoms with E-state index in [-0.39, 0.29) is 24.3 Å². The number of amides is 1. The zero-order valence-electron chi connectivity index (χ0n) is 25.0. The topological polar surface area (TPSA) is 73.8 Å². The lowest BCUT2D eigenvalue weighted by Gasteiger charge is -2.32. The molecule has 2 heterocycles. The van der Waals surface area contributed by atoms with Crippen molar-refractivity contribution in [2.45, 2.75) is 38.5 Å². The van der Waals surface area contributed by atoms with Gasteiger partial charge in [-0.1, -0.05) is 6.07 Å². The Morgan fingerprint density at radius 3 is 2.02 bits per heavy atom. The van der Waals surface area contributed by atoms with Gasteiger partial charge >= 0.3 is 12.4 Å². The molecule has 1 aromatic heterocycles. The van der Waals surface area contributed by atoms with E-state index in [1.54, 1.807) is 17.9 Å². The normalized spacial score (nSPS) is 15.1. The van der Waals surface area contributed by atoms with Crippen LogP contribution in [-0.4, -0.2) is 63.1 Å². The quantitative estimate of drug-likeness (QED) is 0.279. The Kier molecular flexibility index (Phi) is 9.03. The molecule has 2 aromatic carbocycles. The van der Waals surface area contributed by atoms with E-state index in [0.717, 1.165) is 11.2 Å². The number of sulfone groups is 1. The van der Waals surface area contributed by atoms with Gasteiger partial charge in [0.2, 0.25) is 5.91 Å². The van der Waals surface area contributed by atoms with Crippen LogP contribution in [0.4, 0.5) is 42.2 Å². The predicted molar refractivity (Wildman–Crippen MR) is 156 cm³/mol. The van der Waals surface area contributed by atoms with Crippen LogP contribution in [0.5, 0.6) is 0 Å². The molecule has 244 valence electrons. The van der Waals surface area contributed by atoms with Gasteiger partial charge in [0.25, 0.3) is 0 Å². The van der Waals surface area contributed by atoms with Gasteiger partial charge in [-0.25, -0.2) is 17.8 Å². The van der Waals surface area contributed by atoms with E-state index in [4.69, 9.17) is 0 Å². The first kappa shape index (κ1) is 34.2. The molecule has 7 nitrogen and oxygen atoms in total. The van der Waals surface area contributed by atoms with Gasteiger partial charge in [0.15, 0.2) is 9.84 Å². The van der Waals surface area contributed by atoms with E-state index >= 15 is 0 Å². The summed E-state index contributed by atoms with van der Waals surface area (Å²) in [5.41, 5.74) is -3.90. The highest BCUT2D eigenvalue weighted by atomic mass is 32.2. The Balaban J connectivity index is 1.79. The van der Waals surface area contributed by atoms with Crippen molar-refractivity contribution < 1.29 is 43.9 Å². The molecule has 0 N–H and O–H groups in total. The zero-order chi connectivity index (χ0) is 33.7. The maximum Gasteiger partial charge on any atom is 0.416 e. The number of benzene rings is 2. The first-order valence-corrected chi connectivity index (χ1v) is 15.6. The van der Waals surface area contributed by atoms with E-state index in [1.165, 1.54) is 45.3 Å². The monoisotopic (exact) mass is 660 g/mol. The van der Waals surface area contributed by atoms with Crippen molar-refractivity contribution in [1.29, 1.82) is 0 Å². The number of aromatic nitrogens is 1. The number of likely N-dealkylation sites (N-methyl/N-ethyl adjacent to an activating group) is 1. The second-order valence-electron chi connectivity index (χ2n) is 11.7. The Hall–Kier alpha value is -3.72. The lowest BCUT2D eigenvalue weighted by Crippen LogP contribution is -2.42. The van der Waals surface area contributed by atoms with E-state index in [1.807, 2.05) is 4.90 Å². The maximum atomic E-state index is 14.0. The first-order chi connectivity index (χ1) is 20.6. The second-order valence-corrected chi connectivity index (χ2v) is 13.8. The van der Waals surface area contributed by atoms with Crippen LogP contribution < -0.4 is 9.80 Å². The number of pyridine rings is 1. The summed E-state index contributed by atoms with van der Waals surface area (Å²) in [6, 6.07) is 6.66. The molecule has 3 aromatic rings. The number of hydrogen-bond acceptors (Lipinski definition) is 6. The summed E-state index contributed by atoms with van der Waals surface area (Å²) in [6.45, 7) is 5.20. The average molecular weight is 661 g/mol. The SMILES string of the molecule is Cc1cc(F)ccc1-c1cc(N2CCN(CS(C)(=O)=O)C2)ncc1N(C)C(=O)C(C)(C)c1cc(C(F)(F)F)cc(C(F)(F)F)c1. The average Bonchev–Trinajstić information content (AvgIpc) is 3.37. The number of nitrogens with zero attached hydrogens (tertiary/aromatic N) is 4. The van der Waals surface area contributed by atoms with Crippen molar-refractivity contribution in [3.63, 3.8) is 0 Å².